The summed E-state index contributed by atoms with van der Waals surface area (Å²) in [6, 6.07) is 0. The van der Waals surface area contributed by atoms with Gasteiger partial charge in [0.1, 0.15) is 0 Å². The minimum Gasteiger partial charge on any atom is -0.466 e. The Morgan fingerprint density at radius 3 is 1.20 bits per heavy atom. The van der Waals surface area contributed by atoms with E-state index < -0.39 is 0 Å². The molecule has 0 N–H and O–H groups in total. The first kappa shape index (κ1) is 52.9. The number of carbonyl (C=O) groups excluding carboxylic acids is 1. The molecule has 0 aromatic heterocycles. The number of ether oxygens (including phenoxy) is 3. The fourth-order valence-corrected chi connectivity index (χ4v) is 7.98. The summed E-state index contributed by atoms with van der Waals surface area (Å²) in [6.45, 7) is 4.66. The standard InChI is InChI=1S/C52H98O4/c1-2-3-4-5-6-7-8-9-23-26-29-32-35-38-41-46-51(53)54-48-43-39-36-33-30-27-24-21-19-17-15-13-11-10-12-14-16-18-20-22-25-28-31-34-37-40-44-49-55-52-47-42-45-50-56-52/h9,21,23-24,52H,2-8,10-20,22,25-50H2,1H3/b23-9-,24-21-/t52-/m1/s1. The lowest BCUT2D eigenvalue weighted by atomic mass is 10.0. The number of rotatable bonds is 45. The second-order valence-electron chi connectivity index (χ2n) is 17.4. The molecule has 1 rings (SSSR count). The zero-order chi connectivity index (χ0) is 39.9. The molecule has 0 aliphatic carbocycles. The summed E-state index contributed by atoms with van der Waals surface area (Å²) in [4.78, 5) is 12.0. The predicted molar refractivity (Wildman–Crippen MR) is 245 cm³/mol. The molecule has 330 valence electrons. The van der Waals surface area contributed by atoms with E-state index in [1.54, 1.807) is 0 Å². The number of hydrogen-bond acceptors (Lipinski definition) is 4. The molecule has 1 aliphatic rings. The molecule has 0 spiro atoms. The van der Waals surface area contributed by atoms with Gasteiger partial charge in [0.05, 0.1) is 6.61 Å². The van der Waals surface area contributed by atoms with E-state index >= 15 is 0 Å². The highest BCUT2D eigenvalue weighted by molar-refractivity contribution is 5.69. The topological polar surface area (TPSA) is 44.8 Å². The molecule has 4 heteroatoms. The van der Waals surface area contributed by atoms with Crippen LogP contribution in [0.25, 0.3) is 0 Å². The Hall–Kier alpha value is -1.13. The third-order valence-corrected chi connectivity index (χ3v) is 11.8. The van der Waals surface area contributed by atoms with Gasteiger partial charge < -0.3 is 14.2 Å². The van der Waals surface area contributed by atoms with Crippen molar-refractivity contribution in [3.8, 4) is 0 Å². The first-order valence-corrected chi connectivity index (χ1v) is 25.5. The van der Waals surface area contributed by atoms with Crippen LogP contribution in [0.4, 0.5) is 0 Å². The fraction of sp³-hybridized carbons (Fsp3) is 0.904. The van der Waals surface area contributed by atoms with Crippen molar-refractivity contribution >= 4 is 5.97 Å². The monoisotopic (exact) mass is 787 g/mol. The predicted octanol–water partition coefficient (Wildman–Crippen LogP) is 17.4. The van der Waals surface area contributed by atoms with Gasteiger partial charge in [-0.25, -0.2) is 0 Å². The van der Waals surface area contributed by atoms with Crippen molar-refractivity contribution in [3.05, 3.63) is 24.3 Å². The summed E-state index contributed by atoms with van der Waals surface area (Å²) in [5.74, 6) is 0.00964. The molecule has 1 saturated heterocycles. The number of carbonyl (C=O) groups is 1. The lowest BCUT2D eigenvalue weighted by Gasteiger charge is -2.22. The van der Waals surface area contributed by atoms with Crippen LogP contribution in [-0.2, 0) is 19.0 Å². The minimum absolute atomic E-state index is 0.00964. The van der Waals surface area contributed by atoms with E-state index in [0.29, 0.717) is 13.0 Å². The van der Waals surface area contributed by atoms with E-state index in [9.17, 15) is 4.79 Å². The van der Waals surface area contributed by atoms with Crippen LogP contribution in [0.1, 0.15) is 277 Å². The molecule has 1 fully saturated rings. The second-order valence-corrected chi connectivity index (χ2v) is 17.4. The Balaban J connectivity index is 1.66. The van der Waals surface area contributed by atoms with Gasteiger partial charge in [-0.1, -0.05) is 205 Å². The second kappa shape index (κ2) is 46.6. The molecule has 0 saturated carbocycles. The van der Waals surface area contributed by atoms with E-state index in [2.05, 4.69) is 31.2 Å². The molecule has 1 aliphatic heterocycles. The van der Waals surface area contributed by atoms with E-state index in [4.69, 9.17) is 14.2 Å². The Bertz CT molecular complexity index is 816. The number of unbranched alkanes of at least 4 members (excludes halogenated alkanes) is 34. The molecule has 0 aromatic rings. The van der Waals surface area contributed by atoms with Crippen LogP contribution < -0.4 is 0 Å². The smallest absolute Gasteiger partial charge is 0.305 e. The minimum atomic E-state index is 0.00964. The zero-order valence-corrected chi connectivity index (χ0v) is 37.8. The Morgan fingerprint density at radius 2 is 0.804 bits per heavy atom. The van der Waals surface area contributed by atoms with Gasteiger partial charge >= 0.3 is 5.97 Å². The third kappa shape index (κ3) is 42.5. The van der Waals surface area contributed by atoms with E-state index in [1.807, 2.05) is 0 Å². The summed E-state index contributed by atoms with van der Waals surface area (Å²) in [7, 11) is 0. The average Bonchev–Trinajstić information content (AvgIpc) is 3.21. The molecule has 0 aromatic carbocycles. The number of hydrogen-bond donors (Lipinski definition) is 0. The van der Waals surface area contributed by atoms with Crippen LogP contribution in [0, 0.1) is 0 Å². The molecule has 0 unspecified atom stereocenters. The van der Waals surface area contributed by atoms with Gasteiger partial charge in [-0.15, -0.1) is 0 Å². The van der Waals surface area contributed by atoms with E-state index in [-0.39, 0.29) is 12.3 Å². The normalized spacial score (nSPS) is 14.8. The maximum atomic E-state index is 12.0. The molecule has 0 amide bonds. The van der Waals surface area contributed by atoms with E-state index in [1.165, 1.54) is 238 Å². The molecule has 0 radical (unpaired) electrons. The average molecular weight is 787 g/mol. The fourth-order valence-electron chi connectivity index (χ4n) is 7.98. The molecular weight excluding hydrogens is 689 g/mol. The molecule has 1 atom stereocenters. The lowest BCUT2D eigenvalue weighted by Crippen LogP contribution is -2.22. The molecule has 0 bridgehead atoms. The van der Waals surface area contributed by atoms with Crippen molar-refractivity contribution in [1.82, 2.24) is 0 Å². The zero-order valence-electron chi connectivity index (χ0n) is 37.8. The van der Waals surface area contributed by atoms with Crippen LogP contribution in [0.5, 0.6) is 0 Å². The van der Waals surface area contributed by atoms with Crippen LogP contribution in [0.2, 0.25) is 0 Å². The van der Waals surface area contributed by atoms with Crippen LogP contribution in [0.15, 0.2) is 24.3 Å². The summed E-state index contributed by atoms with van der Waals surface area (Å²) in [6.07, 6.45) is 64.4. The Morgan fingerprint density at radius 1 is 0.446 bits per heavy atom. The van der Waals surface area contributed by atoms with Crippen LogP contribution in [-0.4, -0.2) is 32.1 Å². The maximum absolute atomic E-state index is 12.0. The van der Waals surface area contributed by atoms with Crippen molar-refractivity contribution in [2.75, 3.05) is 19.8 Å². The lowest BCUT2D eigenvalue weighted by molar-refractivity contribution is -0.162. The van der Waals surface area contributed by atoms with Gasteiger partial charge in [-0.05, 0) is 89.9 Å². The highest BCUT2D eigenvalue weighted by atomic mass is 16.7. The van der Waals surface area contributed by atoms with Crippen molar-refractivity contribution < 1.29 is 19.0 Å². The Labute approximate surface area is 350 Å². The first-order valence-electron chi connectivity index (χ1n) is 25.5. The van der Waals surface area contributed by atoms with Gasteiger partial charge in [0.15, 0.2) is 6.29 Å². The molecular formula is C52H98O4. The van der Waals surface area contributed by atoms with Crippen molar-refractivity contribution in [1.29, 1.82) is 0 Å². The van der Waals surface area contributed by atoms with Crippen molar-refractivity contribution in [2.45, 2.75) is 283 Å². The molecule has 1 heterocycles. The quantitative estimate of drug-likeness (QED) is 0.0350. The molecule has 56 heavy (non-hydrogen) atoms. The Kier molecular flexibility index (Phi) is 44.0. The van der Waals surface area contributed by atoms with Gasteiger partial charge in [0.2, 0.25) is 0 Å². The summed E-state index contributed by atoms with van der Waals surface area (Å²) < 4.78 is 16.9. The molecule has 4 nitrogen and oxygen atoms in total. The SMILES string of the molecule is CCCCCCCC/C=C\CCCCCCCC(=O)OCCCCCCC/C=C\CCCCCCCCCCCCCCCCCCCCO[C@H]1CCCCO1. The van der Waals surface area contributed by atoms with Gasteiger partial charge in [-0.2, -0.15) is 0 Å². The van der Waals surface area contributed by atoms with Crippen molar-refractivity contribution in [3.63, 3.8) is 0 Å². The number of allylic oxidation sites excluding steroid dienone is 4. The largest absolute Gasteiger partial charge is 0.466 e. The van der Waals surface area contributed by atoms with Crippen molar-refractivity contribution in [2.24, 2.45) is 0 Å². The summed E-state index contributed by atoms with van der Waals surface area (Å²) in [5, 5.41) is 0. The summed E-state index contributed by atoms with van der Waals surface area (Å²) >= 11 is 0. The highest BCUT2D eigenvalue weighted by Crippen LogP contribution is 2.17. The maximum Gasteiger partial charge on any atom is 0.305 e. The first-order chi connectivity index (χ1) is 27.8. The number of esters is 1. The highest BCUT2D eigenvalue weighted by Gasteiger charge is 2.13. The third-order valence-electron chi connectivity index (χ3n) is 11.8. The van der Waals surface area contributed by atoms with Gasteiger partial charge in [0.25, 0.3) is 0 Å². The van der Waals surface area contributed by atoms with Gasteiger partial charge in [0, 0.05) is 19.6 Å². The summed E-state index contributed by atoms with van der Waals surface area (Å²) in [5.41, 5.74) is 0. The van der Waals surface area contributed by atoms with Gasteiger partial charge in [-0.3, -0.25) is 4.79 Å². The van der Waals surface area contributed by atoms with E-state index in [0.717, 1.165) is 38.9 Å². The van der Waals surface area contributed by atoms with Crippen LogP contribution >= 0.6 is 0 Å². The van der Waals surface area contributed by atoms with Crippen LogP contribution in [0.3, 0.4) is 0 Å².